The van der Waals surface area contributed by atoms with Crippen molar-refractivity contribution in [2.45, 2.75) is 50.7 Å². The molecule has 7 nitrogen and oxygen atoms in total. The summed E-state index contributed by atoms with van der Waals surface area (Å²) in [7, 11) is 0. The first-order chi connectivity index (χ1) is 9.99. The fourth-order valence-corrected chi connectivity index (χ4v) is 3.09. The van der Waals surface area contributed by atoms with Crippen LogP contribution in [0.15, 0.2) is 0 Å². The van der Waals surface area contributed by atoms with Crippen LogP contribution in [-0.2, 0) is 14.4 Å². The van der Waals surface area contributed by atoms with Crippen molar-refractivity contribution in [1.29, 1.82) is 0 Å². The van der Waals surface area contributed by atoms with E-state index in [0.717, 1.165) is 25.7 Å². The Morgan fingerprint density at radius 3 is 2.48 bits per heavy atom. The first-order valence-corrected chi connectivity index (χ1v) is 7.47. The zero-order valence-electron chi connectivity index (χ0n) is 12.0. The van der Waals surface area contributed by atoms with Crippen LogP contribution in [0.1, 0.15) is 38.5 Å². The molecule has 3 N–H and O–H groups in total. The molecule has 1 aliphatic heterocycles. The van der Waals surface area contributed by atoms with Gasteiger partial charge in [-0.15, -0.1) is 0 Å². The molecule has 1 saturated heterocycles. The van der Waals surface area contributed by atoms with E-state index >= 15 is 0 Å². The number of carboxylic acids is 1. The van der Waals surface area contributed by atoms with E-state index in [1.54, 1.807) is 0 Å². The molecule has 0 unspecified atom stereocenters. The van der Waals surface area contributed by atoms with Crippen molar-refractivity contribution in [3.8, 4) is 0 Å². The molecule has 2 amide bonds. The molecule has 1 saturated carbocycles. The first kappa shape index (κ1) is 15.8. The van der Waals surface area contributed by atoms with Crippen molar-refractivity contribution in [3.63, 3.8) is 0 Å². The van der Waals surface area contributed by atoms with Crippen molar-refractivity contribution in [1.82, 2.24) is 10.2 Å². The quantitative estimate of drug-likeness (QED) is 0.647. The molecular formula is C14H22N2O5. The number of likely N-dealkylation sites (tertiary alicyclic amines) is 1. The fraction of sp³-hybridized carbons (Fsp3) is 0.786. The SMILES string of the molecule is O=C(NCCC(=O)N1C[C@H](O)C[C@H]1C(=O)O)C1CCCC1. The van der Waals surface area contributed by atoms with Crippen molar-refractivity contribution < 1.29 is 24.6 Å². The van der Waals surface area contributed by atoms with Crippen LogP contribution in [0.3, 0.4) is 0 Å². The fourth-order valence-electron chi connectivity index (χ4n) is 3.09. The summed E-state index contributed by atoms with van der Waals surface area (Å²) in [6.07, 6.45) is 3.29. The van der Waals surface area contributed by atoms with Gasteiger partial charge >= 0.3 is 5.97 Å². The number of nitrogens with one attached hydrogen (secondary N) is 1. The van der Waals surface area contributed by atoms with Gasteiger partial charge in [-0.25, -0.2) is 4.79 Å². The van der Waals surface area contributed by atoms with E-state index in [4.69, 9.17) is 5.11 Å². The minimum Gasteiger partial charge on any atom is -0.480 e. The van der Waals surface area contributed by atoms with E-state index in [-0.39, 0.29) is 43.7 Å². The highest BCUT2D eigenvalue weighted by molar-refractivity contribution is 5.85. The van der Waals surface area contributed by atoms with Crippen molar-refractivity contribution in [2.24, 2.45) is 5.92 Å². The van der Waals surface area contributed by atoms with Gasteiger partial charge in [-0.1, -0.05) is 12.8 Å². The maximum absolute atomic E-state index is 12.0. The predicted octanol–water partition coefficient (Wildman–Crippen LogP) is -0.271. The molecule has 21 heavy (non-hydrogen) atoms. The summed E-state index contributed by atoms with van der Waals surface area (Å²) >= 11 is 0. The van der Waals surface area contributed by atoms with Gasteiger partial charge in [0.2, 0.25) is 11.8 Å². The zero-order valence-corrected chi connectivity index (χ0v) is 12.0. The first-order valence-electron chi connectivity index (χ1n) is 7.47. The van der Waals surface area contributed by atoms with Crippen LogP contribution in [-0.4, -0.2) is 58.1 Å². The summed E-state index contributed by atoms with van der Waals surface area (Å²) in [5.41, 5.74) is 0. The standard InChI is InChI=1S/C14H22N2O5/c17-10-7-11(14(20)21)16(8-10)12(18)5-6-15-13(19)9-3-1-2-4-9/h9-11,17H,1-8H2,(H,15,19)(H,20,21)/t10-,11+/m1/s1. The van der Waals surface area contributed by atoms with Crippen LogP contribution in [0.2, 0.25) is 0 Å². The van der Waals surface area contributed by atoms with Gasteiger partial charge in [0.1, 0.15) is 6.04 Å². The monoisotopic (exact) mass is 298 g/mol. The Balaban J connectivity index is 1.76. The minimum absolute atomic E-state index is 0.0171. The van der Waals surface area contributed by atoms with Crippen molar-refractivity contribution in [3.05, 3.63) is 0 Å². The third kappa shape index (κ3) is 3.93. The molecule has 2 rings (SSSR count). The molecule has 118 valence electrons. The van der Waals surface area contributed by atoms with Gasteiger partial charge in [-0.05, 0) is 12.8 Å². The summed E-state index contributed by atoms with van der Waals surface area (Å²) in [6.45, 7) is 0.263. The van der Waals surface area contributed by atoms with E-state index in [2.05, 4.69) is 5.32 Å². The van der Waals surface area contributed by atoms with Gasteiger partial charge in [0, 0.05) is 31.8 Å². The summed E-state index contributed by atoms with van der Waals surface area (Å²) in [6, 6.07) is -0.960. The number of hydrogen-bond donors (Lipinski definition) is 3. The normalized spacial score (nSPS) is 26.0. The maximum atomic E-state index is 12.0. The topological polar surface area (TPSA) is 107 Å². The molecule has 0 aromatic heterocycles. The Kier molecular flexibility index (Phi) is 5.17. The summed E-state index contributed by atoms with van der Waals surface area (Å²) in [4.78, 5) is 36.0. The number of β-amino-alcohol motifs (C(OH)–C–C–N with tert-alkyl or cyclic N) is 1. The number of carbonyl (C=O) groups is 3. The third-order valence-electron chi connectivity index (χ3n) is 4.25. The van der Waals surface area contributed by atoms with Gasteiger partial charge in [-0.3, -0.25) is 9.59 Å². The molecule has 0 radical (unpaired) electrons. The van der Waals surface area contributed by atoms with E-state index in [9.17, 15) is 19.5 Å². The highest BCUT2D eigenvalue weighted by Gasteiger charge is 2.38. The van der Waals surface area contributed by atoms with Gasteiger partial charge in [0.15, 0.2) is 0 Å². The lowest BCUT2D eigenvalue weighted by Gasteiger charge is -2.21. The molecule has 0 spiro atoms. The molecule has 2 fully saturated rings. The third-order valence-corrected chi connectivity index (χ3v) is 4.25. The van der Waals surface area contributed by atoms with Crippen LogP contribution in [0.4, 0.5) is 0 Å². The van der Waals surface area contributed by atoms with E-state index in [1.165, 1.54) is 4.90 Å². The smallest absolute Gasteiger partial charge is 0.326 e. The number of aliphatic hydroxyl groups excluding tert-OH is 1. The Morgan fingerprint density at radius 2 is 1.86 bits per heavy atom. The summed E-state index contributed by atoms with van der Waals surface area (Å²) < 4.78 is 0. The number of aliphatic carboxylic acids is 1. The number of amides is 2. The highest BCUT2D eigenvalue weighted by atomic mass is 16.4. The second-order valence-corrected chi connectivity index (χ2v) is 5.81. The van der Waals surface area contributed by atoms with Crippen LogP contribution in [0.5, 0.6) is 0 Å². The number of carboxylic acid groups (broad SMARTS) is 1. The lowest BCUT2D eigenvalue weighted by Crippen LogP contribution is -2.42. The second-order valence-electron chi connectivity index (χ2n) is 5.81. The number of hydrogen-bond acceptors (Lipinski definition) is 4. The Bertz CT molecular complexity index is 420. The van der Waals surface area contributed by atoms with Crippen LogP contribution in [0, 0.1) is 5.92 Å². The van der Waals surface area contributed by atoms with E-state index in [0.29, 0.717) is 0 Å². The Labute approximate surface area is 123 Å². The van der Waals surface area contributed by atoms with Crippen molar-refractivity contribution in [2.75, 3.05) is 13.1 Å². The molecule has 2 atom stereocenters. The number of nitrogens with zero attached hydrogens (tertiary/aromatic N) is 1. The average Bonchev–Trinajstić information content (AvgIpc) is 3.07. The van der Waals surface area contributed by atoms with Crippen LogP contribution >= 0.6 is 0 Å². The maximum Gasteiger partial charge on any atom is 0.326 e. The van der Waals surface area contributed by atoms with E-state index < -0.39 is 18.1 Å². The average molecular weight is 298 g/mol. The number of rotatable bonds is 5. The second kappa shape index (κ2) is 6.89. The molecule has 0 aromatic rings. The summed E-state index contributed by atoms with van der Waals surface area (Å²) in [5, 5.41) is 21.3. The van der Waals surface area contributed by atoms with Gasteiger partial charge in [0.05, 0.1) is 6.10 Å². The molecule has 2 aliphatic rings. The minimum atomic E-state index is -1.10. The van der Waals surface area contributed by atoms with Gasteiger partial charge in [-0.2, -0.15) is 0 Å². The van der Waals surface area contributed by atoms with Crippen molar-refractivity contribution >= 4 is 17.8 Å². The van der Waals surface area contributed by atoms with Gasteiger partial charge in [0.25, 0.3) is 0 Å². The number of aliphatic hydroxyl groups is 1. The summed E-state index contributed by atoms with van der Waals surface area (Å²) in [5.74, 6) is -1.41. The number of carbonyl (C=O) groups excluding carboxylic acids is 2. The Hall–Kier alpha value is -1.63. The predicted molar refractivity (Wildman–Crippen MR) is 73.3 cm³/mol. The Morgan fingerprint density at radius 1 is 1.19 bits per heavy atom. The lowest BCUT2D eigenvalue weighted by molar-refractivity contribution is -0.148. The molecule has 7 heteroatoms. The highest BCUT2D eigenvalue weighted by Crippen LogP contribution is 2.24. The largest absolute Gasteiger partial charge is 0.480 e. The molecule has 0 aromatic carbocycles. The lowest BCUT2D eigenvalue weighted by atomic mass is 10.1. The molecule has 0 bridgehead atoms. The van der Waals surface area contributed by atoms with E-state index in [1.807, 2.05) is 0 Å². The van der Waals surface area contributed by atoms with Crippen LogP contribution < -0.4 is 5.32 Å². The molecule has 1 heterocycles. The van der Waals surface area contributed by atoms with Gasteiger partial charge < -0.3 is 20.4 Å². The van der Waals surface area contributed by atoms with Crippen LogP contribution in [0.25, 0.3) is 0 Å². The molecular weight excluding hydrogens is 276 g/mol. The zero-order chi connectivity index (χ0) is 15.4. The molecule has 1 aliphatic carbocycles.